The Morgan fingerprint density at radius 3 is 1.24 bits per heavy atom. The van der Waals surface area contributed by atoms with Crippen LogP contribution in [0, 0.1) is 34.6 Å². The Kier molecular flexibility index (Phi) is 18.0. The van der Waals surface area contributed by atoms with E-state index in [4.69, 9.17) is 0 Å². The van der Waals surface area contributed by atoms with Gasteiger partial charge in [0.15, 0.2) is 0 Å². The highest BCUT2D eigenvalue weighted by Crippen LogP contribution is 2.34. The first-order valence-electron chi connectivity index (χ1n) is 29.5. The van der Waals surface area contributed by atoms with Crippen molar-refractivity contribution in [2.24, 2.45) is 0 Å². The highest BCUT2D eigenvalue weighted by atomic mass is 14.1. The van der Waals surface area contributed by atoms with E-state index < -0.39 is 0 Å². The number of fused-ring (bicyclic) bond motifs is 5. The molecule has 0 bridgehead atoms. The predicted molar refractivity (Wildman–Crippen MR) is 371 cm³/mol. The minimum absolute atomic E-state index is 1.27. The summed E-state index contributed by atoms with van der Waals surface area (Å²) in [6.45, 7) is 10.8. The third-order valence-electron chi connectivity index (χ3n) is 15.8. The van der Waals surface area contributed by atoms with Crippen LogP contribution in [0.1, 0.15) is 27.8 Å². The summed E-state index contributed by atoms with van der Waals surface area (Å²) in [4.78, 5) is 0. The molecule has 0 nitrogen and oxygen atoms in total. The maximum atomic E-state index is 2.26. The number of hydrogen-bond acceptors (Lipinski definition) is 0. The third kappa shape index (κ3) is 13.9. The molecule has 0 spiro atoms. The fraction of sp³-hybridized carbons (Fsp3) is 0.0588. The molecule has 0 heterocycles. The zero-order valence-corrected chi connectivity index (χ0v) is 49.3. The van der Waals surface area contributed by atoms with Crippen molar-refractivity contribution in [2.45, 2.75) is 34.6 Å². The fourth-order valence-electron chi connectivity index (χ4n) is 11.4. The summed E-state index contributed by atoms with van der Waals surface area (Å²) in [7, 11) is 0. The maximum absolute atomic E-state index is 2.26. The Morgan fingerprint density at radius 2 is 0.576 bits per heavy atom. The predicted octanol–water partition coefficient (Wildman–Crippen LogP) is 24.1. The Morgan fingerprint density at radius 1 is 0.176 bits per heavy atom. The van der Waals surface area contributed by atoms with Gasteiger partial charge in [0.2, 0.25) is 0 Å². The summed E-state index contributed by atoms with van der Waals surface area (Å²) in [5, 5.41) is 13.1. The van der Waals surface area contributed by atoms with E-state index in [1.165, 1.54) is 137 Å². The summed E-state index contributed by atoms with van der Waals surface area (Å²) >= 11 is 0. The van der Waals surface area contributed by atoms with E-state index in [-0.39, 0.29) is 0 Å². The first-order chi connectivity index (χ1) is 41.7. The van der Waals surface area contributed by atoms with Crippen LogP contribution in [0.15, 0.2) is 334 Å². The first kappa shape index (κ1) is 56.5. The second-order valence-electron chi connectivity index (χ2n) is 21.9. The van der Waals surface area contributed by atoms with E-state index in [0.29, 0.717) is 0 Å². The highest BCUT2D eigenvalue weighted by Gasteiger charge is 2.08. The van der Waals surface area contributed by atoms with Gasteiger partial charge in [0.05, 0.1) is 0 Å². The Hall–Kier alpha value is -10.4. The van der Waals surface area contributed by atoms with Crippen molar-refractivity contribution in [1.29, 1.82) is 0 Å². The number of benzene rings is 15. The molecule has 0 amide bonds. The van der Waals surface area contributed by atoms with Crippen LogP contribution in [0.4, 0.5) is 0 Å². The fourth-order valence-corrected chi connectivity index (χ4v) is 11.4. The summed E-state index contributed by atoms with van der Waals surface area (Å²) in [5.74, 6) is 0. The normalized spacial score (nSPS) is 10.6. The topological polar surface area (TPSA) is 0 Å². The van der Waals surface area contributed by atoms with Gasteiger partial charge in [-0.2, -0.15) is 0 Å². The summed E-state index contributed by atoms with van der Waals surface area (Å²) in [6, 6.07) is 118. The number of rotatable bonds is 5. The molecule has 15 aromatic rings. The molecule has 15 aromatic carbocycles. The van der Waals surface area contributed by atoms with Crippen LogP contribution >= 0.6 is 0 Å². The average molecular weight is 1090 g/mol. The SMILES string of the molecule is Cc1ccc2cc(-c3ccccc3)ccc2c1.Cc1ccc2ccccc2c1-c1ccccc1.Cc1cccc(-c2ccc3ccccc3c2)c1.Cc1cccc2cccc(-c3ccccc3)c12.Cc1ccccc1-c1ccc2ccccc2c1. The second-order valence-corrected chi connectivity index (χ2v) is 21.9. The van der Waals surface area contributed by atoms with Crippen LogP contribution in [-0.2, 0) is 0 Å². The Labute approximate surface area is 502 Å². The van der Waals surface area contributed by atoms with E-state index in [0.717, 1.165) is 0 Å². The third-order valence-corrected chi connectivity index (χ3v) is 15.8. The van der Waals surface area contributed by atoms with E-state index >= 15 is 0 Å². The van der Waals surface area contributed by atoms with Gasteiger partial charge in [-0.05, 0) is 179 Å². The first-order valence-corrected chi connectivity index (χ1v) is 29.5. The number of hydrogen-bond donors (Lipinski definition) is 0. The zero-order valence-electron chi connectivity index (χ0n) is 49.3. The van der Waals surface area contributed by atoms with Crippen LogP contribution in [-0.4, -0.2) is 0 Å². The van der Waals surface area contributed by atoms with Gasteiger partial charge in [-0.3, -0.25) is 0 Å². The van der Waals surface area contributed by atoms with Crippen LogP contribution in [0.5, 0.6) is 0 Å². The largest absolute Gasteiger partial charge is 0.0622 e. The van der Waals surface area contributed by atoms with Crippen molar-refractivity contribution < 1.29 is 0 Å². The van der Waals surface area contributed by atoms with E-state index in [1.54, 1.807) is 0 Å². The van der Waals surface area contributed by atoms with Crippen molar-refractivity contribution in [3.63, 3.8) is 0 Å². The Balaban J connectivity index is 0.000000111. The van der Waals surface area contributed by atoms with Gasteiger partial charge in [-0.15, -0.1) is 0 Å². The molecule has 0 radical (unpaired) electrons. The molecule has 0 saturated carbocycles. The van der Waals surface area contributed by atoms with Gasteiger partial charge in [0.1, 0.15) is 0 Å². The van der Waals surface area contributed by atoms with Gasteiger partial charge in [0, 0.05) is 0 Å². The van der Waals surface area contributed by atoms with Gasteiger partial charge < -0.3 is 0 Å². The summed E-state index contributed by atoms with van der Waals surface area (Å²) in [6.07, 6.45) is 0. The lowest BCUT2D eigenvalue weighted by atomic mass is 9.94. The molecule has 15 rings (SSSR count). The molecule has 0 fully saturated rings. The molecule has 410 valence electrons. The van der Waals surface area contributed by atoms with E-state index in [1.807, 2.05) is 6.07 Å². The molecule has 0 heteroatoms. The summed E-state index contributed by atoms with van der Waals surface area (Å²) in [5.41, 5.74) is 19.6. The molecule has 0 atom stereocenters. The van der Waals surface area contributed by atoms with Crippen molar-refractivity contribution >= 4 is 53.9 Å². The monoisotopic (exact) mass is 1090 g/mol. The van der Waals surface area contributed by atoms with Crippen LogP contribution < -0.4 is 0 Å². The molecule has 0 aliphatic carbocycles. The van der Waals surface area contributed by atoms with E-state index in [9.17, 15) is 0 Å². The van der Waals surface area contributed by atoms with Crippen molar-refractivity contribution in [3.05, 3.63) is 361 Å². The number of aryl methyl sites for hydroxylation is 5. The molecule has 85 heavy (non-hydrogen) atoms. The van der Waals surface area contributed by atoms with Crippen LogP contribution in [0.3, 0.4) is 0 Å². The van der Waals surface area contributed by atoms with Gasteiger partial charge in [-0.1, -0.05) is 327 Å². The molecule has 0 aliphatic rings. The van der Waals surface area contributed by atoms with Crippen LogP contribution in [0.2, 0.25) is 0 Å². The minimum atomic E-state index is 1.27. The second kappa shape index (κ2) is 27.1. The molecule has 0 unspecified atom stereocenters. The molecular formula is C85H70. The van der Waals surface area contributed by atoms with Crippen molar-refractivity contribution in [1.82, 2.24) is 0 Å². The zero-order chi connectivity index (χ0) is 58.3. The Bertz CT molecular complexity index is 4680. The van der Waals surface area contributed by atoms with Crippen molar-refractivity contribution in [2.75, 3.05) is 0 Å². The quantitative estimate of drug-likeness (QED) is 0.161. The van der Waals surface area contributed by atoms with Crippen LogP contribution in [0.25, 0.3) is 109 Å². The highest BCUT2D eigenvalue weighted by molar-refractivity contribution is 6.00. The lowest BCUT2D eigenvalue weighted by molar-refractivity contribution is 1.46. The average Bonchev–Trinajstić information content (AvgIpc) is 3.74. The van der Waals surface area contributed by atoms with Crippen molar-refractivity contribution in [3.8, 4) is 55.6 Å². The molecule has 0 saturated heterocycles. The lowest BCUT2D eigenvalue weighted by Crippen LogP contribution is -1.85. The molecule has 0 aromatic heterocycles. The standard InChI is InChI=1S/5C17H14/c1-13-6-2-5-9-17(13)16-11-10-14-7-3-4-8-15(14)12-16;1-13-5-4-8-15(11-13)17-10-9-14-6-2-3-7-16(14)12-17;1-13-7-5-10-15-11-6-12-16(17(13)15)14-8-3-2-4-9-14;1-13-11-12-14-7-5-6-10-16(14)17(13)15-8-3-2-4-9-15;1-13-7-8-17-12-16(10-9-15(17)11-13)14-5-3-2-4-6-14/h5*2-12H,1H3. The molecule has 0 N–H and O–H groups in total. The van der Waals surface area contributed by atoms with Gasteiger partial charge in [-0.25, -0.2) is 0 Å². The van der Waals surface area contributed by atoms with E-state index in [2.05, 4.69) is 362 Å². The maximum Gasteiger partial charge on any atom is -0.00761 e. The van der Waals surface area contributed by atoms with Gasteiger partial charge in [0.25, 0.3) is 0 Å². The lowest BCUT2D eigenvalue weighted by Gasteiger charge is -2.10. The minimum Gasteiger partial charge on any atom is -0.0622 e. The smallest absolute Gasteiger partial charge is 0.00761 e. The molecule has 0 aliphatic heterocycles. The summed E-state index contributed by atoms with van der Waals surface area (Å²) < 4.78 is 0. The van der Waals surface area contributed by atoms with Gasteiger partial charge >= 0.3 is 0 Å². The molecular weight excluding hydrogens is 1020 g/mol.